The first-order chi connectivity index (χ1) is 8.43. The van der Waals surface area contributed by atoms with Crippen molar-refractivity contribution in [3.05, 3.63) is 35.9 Å². The summed E-state index contributed by atoms with van der Waals surface area (Å²) in [6, 6.07) is 4.32. The maximum Gasteiger partial charge on any atom is 0.243 e. The maximum atomic E-state index is 12.4. The fourth-order valence-electron chi connectivity index (χ4n) is 1.53. The molecule has 1 aromatic carbocycles. The van der Waals surface area contributed by atoms with Crippen LogP contribution in [0.2, 0.25) is 5.02 Å². The molecule has 1 aromatic rings. The summed E-state index contributed by atoms with van der Waals surface area (Å²) in [7, 11) is -3.54. The molecular formula is C12H17ClN2O2S. The number of halogens is 1. The van der Waals surface area contributed by atoms with Crippen LogP contribution in [0.25, 0.3) is 0 Å². The predicted molar refractivity (Wildman–Crippen MR) is 75.1 cm³/mol. The third kappa shape index (κ3) is 3.25. The minimum absolute atomic E-state index is 0.153. The Morgan fingerprint density at radius 1 is 1.50 bits per heavy atom. The summed E-state index contributed by atoms with van der Waals surface area (Å²) in [5.74, 6) is 0. The molecule has 0 unspecified atom stereocenters. The number of anilines is 1. The number of nitrogens with two attached hydrogens (primary N) is 1. The lowest BCUT2D eigenvalue weighted by atomic mass is 10.3. The van der Waals surface area contributed by atoms with Crippen LogP contribution in [-0.2, 0) is 10.0 Å². The first-order valence-electron chi connectivity index (χ1n) is 5.59. The van der Waals surface area contributed by atoms with Gasteiger partial charge < -0.3 is 5.73 Å². The van der Waals surface area contributed by atoms with Gasteiger partial charge in [-0.05, 0) is 24.6 Å². The van der Waals surface area contributed by atoms with Crippen molar-refractivity contribution in [2.75, 3.05) is 18.8 Å². The Hall–Kier alpha value is -1.04. The molecule has 0 amide bonds. The maximum absolute atomic E-state index is 12.4. The Kier molecular flexibility index (Phi) is 5.19. The Balaban J connectivity index is 3.17. The average Bonchev–Trinajstić information content (AvgIpc) is 2.32. The normalized spacial score (nSPS) is 11.7. The fraction of sp³-hybridized carbons (Fsp3) is 0.333. The van der Waals surface area contributed by atoms with Crippen LogP contribution in [0.15, 0.2) is 35.7 Å². The molecule has 0 radical (unpaired) electrons. The monoisotopic (exact) mass is 288 g/mol. The van der Waals surface area contributed by atoms with Crippen molar-refractivity contribution in [2.45, 2.75) is 18.2 Å². The van der Waals surface area contributed by atoms with Crippen molar-refractivity contribution in [1.29, 1.82) is 0 Å². The molecule has 0 saturated carbocycles. The topological polar surface area (TPSA) is 63.4 Å². The summed E-state index contributed by atoms with van der Waals surface area (Å²) in [4.78, 5) is 0.153. The van der Waals surface area contributed by atoms with Crippen LogP contribution in [0, 0.1) is 0 Å². The second kappa shape index (κ2) is 6.22. The van der Waals surface area contributed by atoms with Crippen molar-refractivity contribution in [2.24, 2.45) is 0 Å². The van der Waals surface area contributed by atoms with Crippen LogP contribution >= 0.6 is 11.6 Å². The Labute approximate surface area is 113 Å². The van der Waals surface area contributed by atoms with Gasteiger partial charge in [-0.1, -0.05) is 24.6 Å². The van der Waals surface area contributed by atoms with Gasteiger partial charge in [0.25, 0.3) is 0 Å². The van der Waals surface area contributed by atoms with Gasteiger partial charge in [0.05, 0.1) is 15.6 Å². The highest BCUT2D eigenvalue weighted by atomic mass is 35.5. The molecule has 0 spiro atoms. The van der Waals surface area contributed by atoms with E-state index >= 15 is 0 Å². The molecule has 0 aromatic heterocycles. The SMILES string of the molecule is C=CCN(CCC)S(=O)(=O)c1ccc(Cl)c(N)c1. The van der Waals surface area contributed by atoms with E-state index in [2.05, 4.69) is 6.58 Å². The number of hydrogen-bond acceptors (Lipinski definition) is 3. The van der Waals surface area contributed by atoms with Crippen molar-refractivity contribution in [1.82, 2.24) is 4.31 Å². The fourth-order valence-corrected chi connectivity index (χ4v) is 3.19. The average molecular weight is 289 g/mol. The number of hydrogen-bond donors (Lipinski definition) is 1. The van der Waals surface area contributed by atoms with E-state index in [1.165, 1.54) is 22.5 Å². The minimum atomic E-state index is -3.54. The third-order valence-electron chi connectivity index (χ3n) is 2.41. The highest BCUT2D eigenvalue weighted by Gasteiger charge is 2.23. The molecule has 0 heterocycles. The van der Waals surface area contributed by atoms with Crippen LogP contribution in [0.5, 0.6) is 0 Å². The largest absolute Gasteiger partial charge is 0.397 e. The van der Waals surface area contributed by atoms with Crippen LogP contribution in [0.3, 0.4) is 0 Å². The summed E-state index contributed by atoms with van der Waals surface area (Å²) in [6.07, 6.45) is 2.29. The van der Waals surface area contributed by atoms with Gasteiger partial charge in [0.1, 0.15) is 0 Å². The quantitative estimate of drug-likeness (QED) is 0.646. The molecule has 0 saturated heterocycles. The molecule has 0 bridgehead atoms. The smallest absolute Gasteiger partial charge is 0.243 e. The zero-order valence-electron chi connectivity index (χ0n) is 10.3. The van der Waals surface area contributed by atoms with E-state index in [4.69, 9.17) is 17.3 Å². The van der Waals surface area contributed by atoms with E-state index in [-0.39, 0.29) is 17.1 Å². The van der Waals surface area contributed by atoms with Gasteiger partial charge in [0, 0.05) is 13.1 Å². The van der Waals surface area contributed by atoms with Crippen LogP contribution in [-0.4, -0.2) is 25.8 Å². The van der Waals surface area contributed by atoms with E-state index in [1.54, 1.807) is 6.08 Å². The molecule has 18 heavy (non-hydrogen) atoms. The zero-order chi connectivity index (χ0) is 13.8. The first kappa shape index (κ1) is 15.0. The van der Waals surface area contributed by atoms with Crippen LogP contribution < -0.4 is 5.73 Å². The molecule has 0 aliphatic rings. The molecule has 0 aliphatic carbocycles. The van der Waals surface area contributed by atoms with Crippen LogP contribution in [0.1, 0.15) is 13.3 Å². The first-order valence-corrected chi connectivity index (χ1v) is 7.41. The summed E-state index contributed by atoms with van der Waals surface area (Å²) >= 11 is 5.78. The molecule has 6 heteroatoms. The molecular weight excluding hydrogens is 272 g/mol. The van der Waals surface area contributed by atoms with Gasteiger partial charge in [0.15, 0.2) is 0 Å². The van der Waals surface area contributed by atoms with E-state index in [9.17, 15) is 8.42 Å². The lowest BCUT2D eigenvalue weighted by molar-refractivity contribution is 0.441. The number of benzene rings is 1. The summed E-state index contributed by atoms with van der Waals surface area (Å²) in [6.45, 7) is 6.21. The van der Waals surface area contributed by atoms with Crippen molar-refractivity contribution in [3.63, 3.8) is 0 Å². The van der Waals surface area contributed by atoms with E-state index < -0.39 is 10.0 Å². The second-order valence-corrected chi connectivity index (χ2v) is 6.18. The molecule has 4 nitrogen and oxygen atoms in total. The third-order valence-corrected chi connectivity index (χ3v) is 4.62. The molecule has 0 fully saturated rings. The van der Waals surface area contributed by atoms with E-state index in [1.807, 2.05) is 6.92 Å². The van der Waals surface area contributed by atoms with Gasteiger partial charge in [-0.15, -0.1) is 6.58 Å². The van der Waals surface area contributed by atoms with E-state index in [0.717, 1.165) is 6.42 Å². The van der Waals surface area contributed by atoms with Crippen molar-refractivity contribution >= 4 is 27.3 Å². The lowest BCUT2D eigenvalue weighted by Gasteiger charge is -2.20. The molecule has 100 valence electrons. The zero-order valence-corrected chi connectivity index (χ0v) is 11.8. The predicted octanol–water partition coefficient (Wildman–Crippen LogP) is 2.51. The second-order valence-electron chi connectivity index (χ2n) is 3.84. The van der Waals surface area contributed by atoms with Crippen LogP contribution in [0.4, 0.5) is 5.69 Å². The minimum Gasteiger partial charge on any atom is -0.397 e. The van der Waals surface area contributed by atoms with E-state index in [0.29, 0.717) is 11.6 Å². The van der Waals surface area contributed by atoms with Gasteiger partial charge in [-0.3, -0.25) is 0 Å². The van der Waals surface area contributed by atoms with Gasteiger partial charge >= 0.3 is 0 Å². The Morgan fingerprint density at radius 2 is 2.17 bits per heavy atom. The number of nitrogens with zero attached hydrogens (tertiary/aromatic N) is 1. The molecule has 0 atom stereocenters. The molecule has 1 rings (SSSR count). The van der Waals surface area contributed by atoms with Crippen molar-refractivity contribution < 1.29 is 8.42 Å². The number of nitrogen functional groups attached to an aromatic ring is 1. The van der Waals surface area contributed by atoms with Gasteiger partial charge in [-0.2, -0.15) is 4.31 Å². The Morgan fingerprint density at radius 3 is 2.67 bits per heavy atom. The lowest BCUT2D eigenvalue weighted by Crippen LogP contribution is -2.32. The molecule has 2 N–H and O–H groups in total. The highest BCUT2D eigenvalue weighted by molar-refractivity contribution is 7.89. The number of rotatable bonds is 6. The van der Waals surface area contributed by atoms with Gasteiger partial charge in [0.2, 0.25) is 10.0 Å². The van der Waals surface area contributed by atoms with Crippen molar-refractivity contribution in [3.8, 4) is 0 Å². The standard InChI is InChI=1S/C12H17ClN2O2S/c1-3-7-15(8-4-2)18(16,17)10-5-6-11(13)12(14)9-10/h3,5-6,9H,1,4,7-8,14H2,2H3. The summed E-state index contributed by atoms with van der Waals surface area (Å²) < 4.78 is 26.1. The molecule has 0 aliphatic heterocycles. The number of sulfonamides is 1. The summed E-state index contributed by atoms with van der Waals surface area (Å²) in [5, 5.41) is 0.347. The Bertz CT molecular complexity index is 529. The van der Waals surface area contributed by atoms with Gasteiger partial charge in [-0.25, -0.2) is 8.42 Å². The highest BCUT2D eigenvalue weighted by Crippen LogP contribution is 2.24. The summed E-state index contributed by atoms with van der Waals surface area (Å²) in [5.41, 5.74) is 5.89.